The predicted molar refractivity (Wildman–Crippen MR) is 124 cm³/mol. The molecular formula is C23H26FN7O3. The second-order valence-electron chi connectivity index (χ2n) is 7.79. The minimum absolute atomic E-state index is 0.0417. The Morgan fingerprint density at radius 2 is 2.06 bits per heavy atom. The number of rotatable bonds is 7. The molecule has 0 aliphatic carbocycles. The van der Waals surface area contributed by atoms with Crippen molar-refractivity contribution in [3.05, 3.63) is 64.7 Å². The molecule has 2 atom stereocenters. The van der Waals surface area contributed by atoms with E-state index in [1.165, 1.54) is 19.2 Å². The Kier molecular flexibility index (Phi) is 6.96. The maximum absolute atomic E-state index is 14.3. The van der Waals surface area contributed by atoms with Gasteiger partial charge in [0.15, 0.2) is 5.84 Å². The van der Waals surface area contributed by atoms with Crippen LogP contribution in [-0.2, 0) is 11.3 Å². The van der Waals surface area contributed by atoms with Crippen molar-refractivity contribution < 1.29 is 19.1 Å². The van der Waals surface area contributed by atoms with E-state index in [4.69, 9.17) is 26.0 Å². The number of aryl methyl sites for hydroxylation is 1. The van der Waals surface area contributed by atoms with Crippen LogP contribution in [0.5, 0.6) is 5.88 Å². The number of pyridine rings is 1. The third-order valence-electron chi connectivity index (χ3n) is 5.39. The molecular weight excluding hydrogens is 441 g/mol. The van der Waals surface area contributed by atoms with E-state index in [9.17, 15) is 9.50 Å². The van der Waals surface area contributed by atoms with Crippen LogP contribution in [0.1, 0.15) is 28.6 Å². The first-order valence-corrected chi connectivity index (χ1v) is 10.7. The van der Waals surface area contributed by atoms with Gasteiger partial charge >= 0.3 is 0 Å². The van der Waals surface area contributed by atoms with Gasteiger partial charge in [-0.25, -0.2) is 24.8 Å². The molecule has 0 saturated carbocycles. The van der Waals surface area contributed by atoms with Crippen molar-refractivity contribution in [1.82, 2.24) is 20.4 Å². The fourth-order valence-corrected chi connectivity index (χ4v) is 3.81. The molecule has 0 unspecified atom stereocenters. The number of aliphatic hydroxyl groups excluding tert-OH is 1. The highest BCUT2D eigenvalue weighted by Crippen LogP contribution is 2.36. The molecule has 3 aromatic rings. The van der Waals surface area contributed by atoms with E-state index in [2.05, 4.69) is 20.4 Å². The van der Waals surface area contributed by atoms with Crippen molar-refractivity contribution in [3.8, 4) is 17.1 Å². The number of methoxy groups -OCH3 is 1. The Balaban J connectivity index is 1.77. The van der Waals surface area contributed by atoms with Crippen LogP contribution in [0.25, 0.3) is 11.3 Å². The first-order valence-electron chi connectivity index (χ1n) is 10.7. The average Bonchev–Trinajstić information content (AvgIpc) is 2.83. The summed E-state index contributed by atoms with van der Waals surface area (Å²) in [5.74, 6) is 0.533. The van der Waals surface area contributed by atoms with Gasteiger partial charge in [0.05, 0.1) is 41.9 Å². The molecule has 1 aliphatic rings. The predicted octanol–water partition coefficient (Wildman–Crippen LogP) is 1.46. The number of fused-ring (bicyclic) bond motifs is 1. The Labute approximate surface area is 195 Å². The molecule has 3 heterocycles. The van der Waals surface area contributed by atoms with Crippen molar-refractivity contribution in [2.45, 2.75) is 25.5 Å². The SMILES string of the molecule is COc1cccc(-c2cc(F)ccc2[C@@H]2Cc3nc(N)nc(C)c3C(NOC[C@H](O)CN)=N2)n1. The van der Waals surface area contributed by atoms with Gasteiger partial charge in [-0.2, -0.15) is 0 Å². The molecule has 0 fully saturated rings. The summed E-state index contributed by atoms with van der Waals surface area (Å²) in [6.45, 7) is 1.81. The second kappa shape index (κ2) is 10.1. The quantitative estimate of drug-likeness (QED) is 0.378. The number of hydrogen-bond acceptors (Lipinski definition) is 10. The minimum atomic E-state index is -0.835. The molecule has 1 aliphatic heterocycles. The van der Waals surface area contributed by atoms with E-state index in [1.54, 1.807) is 31.2 Å². The molecule has 0 radical (unpaired) electrons. The average molecular weight is 468 g/mol. The Hall–Kier alpha value is -3.67. The minimum Gasteiger partial charge on any atom is -0.481 e. The van der Waals surface area contributed by atoms with Crippen molar-refractivity contribution in [3.63, 3.8) is 0 Å². The normalized spacial score (nSPS) is 15.9. The molecule has 6 N–H and O–H groups in total. The van der Waals surface area contributed by atoms with Crippen LogP contribution in [0.15, 0.2) is 41.4 Å². The zero-order valence-corrected chi connectivity index (χ0v) is 18.8. The number of halogens is 1. The van der Waals surface area contributed by atoms with Crippen LogP contribution < -0.4 is 21.7 Å². The highest BCUT2D eigenvalue weighted by molar-refractivity contribution is 6.01. The molecule has 4 rings (SSSR count). The third-order valence-corrected chi connectivity index (χ3v) is 5.39. The van der Waals surface area contributed by atoms with Crippen LogP contribution in [0.3, 0.4) is 0 Å². The number of nitrogen functional groups attached to an aromatic ring is 1. The van der Waals surface area contributed by atoms with E-state index in [0.717, 1.165) is 5.56 Å². The molecule has 11 heteroatoms. The van der Waals surface area contributed by atoms with E-state index in [0.29, 0.717) is 46.3 Å². The summed E-state index contributed by atoms with van der Waals surface area (Å²) < 4.78 is 19.5. The van der Waals surface area contributed by atoms with E-state index in [-0.39, 0.29) is 19.1 Å². The number of nitrogens with two attached hydrogens (primary N) is 2. The number of hydrogen-bond donors (Lipinski definition) is 4. The lowest BCUT2D eigenvalue weighted by atomic mass is 9.91. The second-order valence-corrected chi connectivity index (χ2v) is 7.79. The Morgan fingerprint density at radius 1 is 1.24 bits per heavy atom. The number of ether oxygens (including phenoxy) is 1. The summed E-state index contributed by atoms with van der Waals surface area (Å²) in [5.41, 5.74) is 18.0. The molecule has 34 heavy (non-hydrogen) atoms. The largest absolute Gasteiger partial charge is 0.481 e. The molecule has 178 valence electrons. The summed E-state index contributed by atoms with van der Waals surface area (Å²) >= 11 is 0. The summed E-state index contributed by atoms with van der Waals surface area (Å²) in [6.07, 6.45) is -0.430. The van der Waals surface area contributed by atoms with Crippen LogP contribution in [0, 0.1) is 12.7 Å². The van der Waals surface area contributed by atoms with Gasteiger partial charge in [-0.15, -0.1) is 0 Å². The fraction of sp³-hybridized carbons (Fsp3) is 0.304. The fourth-order valence-electron chi connectivity index (χ4n) is 3.81. The van der Waals surface area contributed by atoms with Gasteiger partial charge in [-0.3, -0.25) is 9.83 Å². The van der Waals surface area contributed by atoms with E-state index < -0.39 is 18.0 Å². The number of anilines is 1. The van der Waals surface area contributed by atoms with Gasteiger partial charge < -0.3 is 21.3 Å². The standard InChI is InChI=1S/C23H26FN7O3/c1-12-21-19(30-23(26)27-12)9-18(29-22(21)31-34-11-14(32)10-25)15-7-6-13(24)8-16(15)17-4-3-5-20(28-17)33-2/h3-8,14,18,32H,9-11,25H2,1-2H3,(H,29,31)(H2,26,27,30)/t14-,18+/m1/s1. The van der Waals surface area contributed by atoms with Gasteiger partial charge in [0.25, 0.3) is 0 Å². The van der Waals surface area contributed by atoms with E-state index in [1.807, 2.05) is 0 Å². The first kappa shape index (κ1) is 23.5. The molecule has 0 bridgehead atoms. The smallest absolute Gasteiger partial charge is 0.220 e. The highest BCUT2D eigenvalue weighted by Gasteiger charge is 2.28. The molecule has 10 nitrogen and oxygen atoms in total. The zero-order chi connectivity index (χ0) is 24.2. The summed E-state index contributed by atoms with van der Waals surface area (Å²) in [5, 5.41) is 9.71. The van der Waals surface area contributed by atoms with Gasteiger partial charge in [-0.05, 0) is 30.7 Å². The summed E-state index contributed by atoms with van der Waals surface area (Å²) in [7, 11) is 1.52. The van der Waals surface area contributed by atoms with Crippen molar-refractivity contribution in [2.75, 3.05) is 26.0 Å². The van der Waals surface area contributed by atoms with Crippen LogP contribution >= 0.6 is 0 Å². The topological polar surface area (TPSA) is 154 Å². The van der Waals surface area contributed by atoms with Crippen molar-refractivity contribution in [2.24, 2.45) is 10.7 Å². The monoisotopic (exact) mass is 467 g/mol. The number of aliphatic hydroxyl groups is 1. The number of aromatic nitrogens is 3. The van der Waals surface area contributed by atoms with E-state index >= 15 is 0 Å². The van der Waals surface area contributed by atoms with Crippen LogP contribution in [0.4, 0.5) is 10.3 Å². The lowest BCUT2D eigenvalue weighted by Gasteiger charge is -2.26. The molecule has 2 aromatic heterocycles. The highest BCUT2D eigenvalue weighted by atomic mass is 19.1. The molecule has 0 amide bonds. The number of aliphatic imine (C=N–C) groups is 1. The van der Waals surface area contributed by atoms with Crippen LogP contribution in [0.2, 0.25) is 0 Å². The van der Waals surface area contributed by atoms with Crippen LogP contribution in [-0.4, -0.2) is 52.3 Å². The number of nitrogens with zero attached hydrogens (tertiary/aromatic N) is 4. The number of hydroxylamine groups is 1. The Bertz CT molecular complexity index is 1220. The lowest BCUT2D eigenvalue weighted by Crippen LogP contribution is -2.35. The van der Waals surface area contributed by atoms with Crippen molar-refractivity contribution in [1.29, 1.82) is 0 Å². The zero-order valence-electron chi connectivity index (χ0n) is 18.8. The van der Waals surface area contributed by atoms with Gasteiger partial charge in [0, 0.05) is 24.6 Å². The first-order chi connectivity index (χ1) is 16.4. The number of nitrogens with one attached hydrogen (secondary N) is 1. The van der Waals surface area contributed by atoms with Crippen molar-refractivity contribution >= 4 is 11.8 Å². The number of benzene rings is 1. The maximum Gasteiger partial charge on any atom is 0.220 e. The summed E-state index contributed by atoms with van der Waals surface area (Å²) in [6, 6.07) is 9.32. The maximum atomic E-state index is 14.3. The van der Waals surface area contributed by atoms with Gasteiger partial charge in [0.1, 0.15) is 12.4 Å². The molecule has 1 aromatic carbocycles. The Morgan fingerprint density at radius 3 is 2.82 bits per heavy atom. The molecule has 0 spiro atoms. The lowest BCUT2D eigenvalue weighted by molar-refractivity contribution is 0.0114. The number of amidine groups is 1. The molecule has 0 saturated heterocycles. The third kappa shape index (κ3) is 4.96. The van der Waals surface area contributed by atoms with Gasteiger partial charge in [-0.1, -0.05) is 12.1 Å². The summed E-state index contributed by atoms with van der Waals surface area (Å²) in [4.78, 5) is 23.4. The van der Waals surface area contributed by atoms with Gasteiger partial charge in [0.2, 0.25) is 11.8 Å².